The molecule has 3 nitrogen and oxygen atoms in total. The first kappa shape index (κ1) is 7.03. The molecule has 0 aliphatic rings. The number of rotatable bonds is 1. The molecule has 1 N–H and O–H groups in total. The van der Waals surface area contributed by atoms with E-state index in [0.29, 0.717) is 0 Å². The van der Waals surface area contributed by atoms with Crippen LogP contribution in [0.3, 0.4) is 0 Å². The van der Waals surface area contributed by atoms with Gasteiger partial charge in [-0.25, -0.2) is 4.57 Å². The molecule has 0 aromatic carbocycles. The molecule has 12 heavy (non-hydrogen) atoms. The minimum absolute atomic E-state index is 0.994. The third-order valence-electron chi connectivity index (χ3n) is 1.81. The summed E-state index contributed by atoms with van der Waals surface area (Å²) in [4.78, 5) is 0. The molecule has 2 aromatic heterocycles. The van der Waals surface area contributed by atoms with Gasteiger partial charge in [-0.15, -0.1) is 5.10 Å². The molecule has 2 aromatic rings. The first-order chi connectivity index (χ1) is 5.88. The van der Waals surface area contributed by atoms with Crippen molar-refractivity contribution in [1.82, 2.24) is 10.2 Å². The molecule has 0 aliphatic heterocycles. The number of aromatic amines is 1. The number of nitrogens with zero attached hydrogens (tertiary/aromatic N) is 2. The van der Waals surface area contributed by atoms with Gasteiger partial charge in [0, 0.05) is 0 Å². The average molecular weight is 160 g/mol. The lowest BCUT2D eigenvalue weighted by Gasteiger charge is -1.96. The first-order valence-electron chi connectivity index (χ1n) is 3.85. The summed E-state index contributed by atoms with van der Waals surface area (Å²) in [5.74, 6) is 0.994. The lowest BCUT2D eigenvalue weighted by Crippen LogP contribution is -2.33. The lowest BCUT2D eigenvalue weighted by molar-refractivity contribution is -0.606. The molecular formula is C9H10N3+. The van der Waals surface area contributed by atoms with Gasteiger partial charge in [0.1, 0.15) is 5.69 Å². The van der Waals surface area contributed by atoms with Crippen LogP contribution in [0, 0.1) is 6.92 Å². The standard InChI is InChI=1S/C9H10N3/c1-8-4-2-3-7-12(8)9-5-6-10-11-9/h2-7H,1H3,(H,10,11)/q+1. The fourth-order valence-electron chi connectivity index (χ4n) is 1.18. The average Bonchev–Trinajstić information content (AvgIpc) is 2.57. The molecule has 0 saturated carbocycles. The normalized spacial score (nSPS) is 10.1. The molecule has 0 unspecified atom stereocenters. The summed E-state index contributed by atoms with van der Waals surface area (Å²) in [5, 5.41) is 6.80. The molecule has 0 spiro atoms. The minimum Gasteiger partial charge on any atom is -0.203 e. The lowest BCUT2D eigenvalue weighted by atomic mass is 10.3. The van der Waals surface area contributed by atoms with E-state index in [1.165, 1.54) is 5.69 Å². The predicted octanol–water partition coefficient (Wildman–Crippen LogP) is 0.995. The quantitative estimate of drug-likeness (QED) is 0.620. The van der Waals surface area contributed by atoms with E-state index < -0.39 is 0 Å². The van der Waals surface area contributed by atoms with E-state index in [1.54, 1.807) is 6.20 Å². The Balaban J connectivity index is 2.55. The van der Waals surface area contributed by atoms with Crippen LogP contribution in [0.15, 0.2) is 36.7 Å². The number of pyridine rings is 1. The van der Waals surface area contributed by atoms with Crippen molar-refractivity contribution in [2.24, 2.45) is 0 Å². The molecule has 0 saturated heterocycles. The van der Waals surface area contributed by atoms with Gasteiger partial charge in [-0.1, -0.05) is 11.2 Å². The van der Waals surface area contributed by atoms with Gasteiger partial charge in [0.25, 0.3) is 0 Å². The minimum atomic E-state index is 0.994. The third-order valence-corrected chi connectivity index (χ3v) is 1.81. The SMILES string of the molecule is Cc1cccc[n+]1-c1ccn[nH]1. The molecule has 0 fully saturated rings. The third kappa shape index (κ3) is 1.09. The summed E-state index contributed by atoms with van der Waals surface area (Å²) in [6.07, 6.45) is 3.75. The molecule has 0 radical (unpaired) electrons. The summed E-state index contributed by atoms with van der Waals surface area (Å²) in [5.41, 5.74) is 1.18. The van der Waals surface area contributed by atoms with Crippen LogP contribution in [0.25, 0.3) is 5.82 Å². The monoisotopic (exact) mass is 160 g/mol. The number of aryl methyl sites for hydroxylation is 1. The Morgan fingerprint density at radius 3 is 2.92 bits per heavy atom. The maximum Gasteiger partial charge on any atom is 0.306 e. The Hall–Kier alpha value is -1.64. The molecule has 3 heteroatoms. The van der Waals surface area contributed by atoms with E-state index >= 15 is 0 Å². The van der Waals surface area contributed by atoms with Crippen LogP contribution in [0.5, 0.6) is 0 Å². The van der Waals surface area contributed by atoms with Crippen molar-refractivity contribution in [2.45, 2.75) is 6.92 Å². The van der Waals surface area contributed by atoms with Crippen LogP contribution in [-0.2, 0) is 0 Å². The van der Waals surface area contributed by atoms with Crippen molar-refractivity contribution in [3.63, 3.8) is 0 Å². The Morgan fingerprint density at radius 2 is 2.25 bits per heavy atom. The van der Waals surface area contributed by atoms with Crippen molar-refractivity contribution in [3.8, 4) is 5.82 Å². The number of H-pyrrole nitrogens is 1. The zero-order valence-corrected chi connectivity index (χ0v) is 6.86. The fraction of sp³-hybridized carbons (Fsp3) is 0.111. The molecule has 2 heterocycles. The highest BCUT2D eigenvalue weighted by Crippen LogP contribution is 1.94. The molecule has 60 valence electrons. The van der Waals surface area contributed by atoms with Crippen LogP contribution in [0.4, 0.5) is 0 Å². The zero-order chi connectivity index (χ0) is 8.39. The van der Waals surface area contributed by atoms with E-state index in [2.05, 4.69) is 23.2 Å². The second-order valence-corrected chi connectivity index (χ2v) is 2.65. The van der Waals surface area contributed by atoms with Crippen molar-refractivity contribution in [3.05, 3.63) is 42.4 Å². The number of hydrogen-bond donors (Lipinski definition) is 1. The van der Waals surface area contributed by atoms with Crippen LogP contribution >= 0.6 is 0 Å². The Labute approximate surface area is 70.7 Å². The highest BCUT2D eigenvalue weighted by Gasteiger charge is 2.05. The summed E-state index contributed by atoms with van der Waals surface area (Å²) in [7, 11) is 0. The Bertz CT molecular complexity index is 365. The molecule has 2 rings (SSSR count). The largest absolute Gasteiger partial charge is 0.306 e. The number of hydrogen-bond acceptors (Lipinski definition) is 1. The summed E-state index contributed by atoms with van der Waals surface area (Å²) >= 11 is 0. The van der Waals surface area contributed by atoms with Crippen molar-refractivity contribution in [2.75, 3.05) is 0 Å². The van der Waals surface area contributed by atoms with Crippen LogP contribution in [0.2, 0.25) is 0 Å². The van der Waals surface area contributed by atoms with Gasteiger partial charge in [-0.05, 0) is 19.1 Å². The first-order valence-corrected chi connectivity index (χ1v) is 3.85. The van der Waals surface area contributed by atoms with E-state index in [0.717, 1.165) is 5.82 Å². The van der Waals surface area contributed by atoms with Gasteiger partial charge in [0.15, 0.2) is 0 Å². The molecule has 0 aliphatic carbocycles. The second kappa shape index (κ2) is 2.77. The van der Waals surface area contributed by atoms with E-state index in [4.69, 9.17) is 0 Å². The highest BCUT2D eigenvalue weighted by molar-refractivity contribution is 5.07. The van der Waals surface area contributed by atoms with E-state index in [-0.39, 0.29) is 0 Å². The van der Waals surface area contributed by atoms with Crippen LogP contribution < -0.4 is 4.57 Å². The van der Waals surface area contributed by atoms with Gasteiger partial charge in [0.05, 0.1) is 18.5 Å². The van der Waals surface area contributed by atoms with Crippen molar-refractivity contribution in [1.29, 1.82) is 0 Å². The van der Waals surface area contributed by atoms with E-state index in [1.807, 2.05) is 29.0 Å². The predicted molar refractivity (Wildman–Crippen MR) is 44.9 cm³/mol. The molecule has 0 atom stereocenters. The zero-order valence-electron chi connectivity index (χ0n) is 6.86. The van der Waals surface area contributed by atoms with Crippen LogP contribution in [-0.4, -0.2) is 10.2 Å². The Morgan fingerprint density at radius 1 is 1.33 bits per heavy atom. The van der Waals surface area contributed by atoms with Crippen molar-refractivity contribution < 1.29 is 4.57 Å². The van der Waals surface area contributed by atoms with Gasteiger partial charge < -0.3 is 0 Å². The second-order valence-electron chi connectivity index (χ2n) is 2.65. The van der Waals surface area contributed by atoms with E-state index in [9.17, 15) is 0 Å². The summed E-state index contributed by atoms with van der Waals surface area (Å²) in [6.45, 7) is 2.06. The topological polar surface area (TPSA) is 32.6 Å². The number of aromatic nitrogens is 3. The molecular weight excluding hydrogens is 150 g/mol. The Kier molecular flexibility index (Phi) is 1.63. The van der Waals surface area contributed by atoms with Gasteiger partial charge >= 0.3 is 5.82 Å². The summed E-state index contributed by atoms with van der Waals surface area (Å²) in [6, 6.07) is 8.00. The van der Waals surface area contributed by atoms with Crippen LogP contribution in [0.1, 0.15) is 5.69 Å². The van der Waals surface area contributed by atoms with Gasteiger partial charge in [-0.3, -0.25) is 0 Å². The maximum absolute atomic E-state index is 3.89. The summed E-state index contributed by atoms with van der Waals surface area (Å²) < 4.78 is 2.05. The molecule has 0 bridgehead atoms. The molecule has 0 amide bonds. The van der Waals surface area contributed by atoms with Gasteiger partial charge in [0.2, 0.25) is 0 Å². The van der Waals surface area contributed by atoms with Crippen molar-refractivity contribution >= 4 is 0 Å². The highest BCUT2D eigenvalue weighted by atomic mass is 15.2. The smallest absolute Gasteiger partial charge is 0.203 e. The maximum atomic E-state index is 3.89. The van der Waals surface area contributed by atoms with Gasteiger partial charge in [-0.2, -0.15) is 0 Å². The fourth-order valence-corrected chi connectivity index (χ4v) is 1.18. The number of nitrogens with one attached hydrogen (secondary N) is 1.